The van der Waals surface area contributed by atoms with Crippen LogP contribution in [-0.2, 0) is 4.79 Å². The third-order valence-electron chi connectivity index (χ3n) is 3.64. The lowest BCUT2D eigenvalue weighted by Crippen LogP contribution is -2.46. The van der Waals surface area contributed by atoms with Gasteiger partial charge in [0.2, 0.25) is 5.91 Å². The molecule has 0 aliphatic carbocycles. The number of nitrogens with zero attached hydrogens (tertiary/aromatic N) is 2. The Kier molecular flexibility index (Phi) is 5.24. The van der Waals surface area contributed by atoms with Gasteiger partial charge in [-0.15, -0.1) is 0 Å². The Morgan fingerprint density at radius 2 is 2.14 bits per heavy atom. The predicted molar refractivity (Wildman–Crippen MR) is 80.2 cm³/mol. The molecule has 1 unspecified atom stereocenters. The number of nitro groups is 1. The van der Waals surface area contributed by atoms with Gasteiger partial charge in [-0.05, 0) is 38.6 Å². The molecule has 1 amide bonds. The molecule has 0 radical (unpaired) electrons. The number of nitro benzene ring substituents is 1. The molecule has 0 aromatic heterocycles. The Morgan fingerprint density at radius 3 is 2.76 bits per heavy atom. The van der Waals surface area contributed by atoms with Crippen LogP contribution < -0.4 is 10.6 Å². The lowest BCUT2D eigenvalue weighted by molar-refractivity contribution is -0.384. The van der Waals surface area contributed by atoms with Gasteiger partial charge < -0.3 is 10.6 Å². The van der Waals surface area contributed by atoms with Crippen LogP contribution in [0.1, 0.15) is 12.8 Å². The van der Waals surface area contributed by atoms with E-state index in [1.165, 1.54) is 12.1 Å². The van der Waals surface area contributed by atoms with E-state index in [4.69, 9.17) is 0 Å². The molecule has 21 heavy (non-hydrogen) atoms. The van der Waals surface area contributed by atoms with Gasteiger partial charge in [0.1, 0.15) is 0 Å². The molecule has 1 saturated heterocycles. The minimum atomic E-state index is -0.461. The van der Waals surface area contributed by atoms with Crippen molar-refractivity contribution in [2.45, 2.75) is 18.9 Å². The predicted octanol–water partition coefficient (Wildman–Crippen LogP) is 1.22. The highest BCUT2D eigenvalue weighted by Crippen LogP contribution is 2.15. The molecule has 1 heterocycles. The van der Waals surface area contributed by atoms with Gasteiger partial charge in [0.25, 0.3) is 5.69 Å². The molecule has 2 rings (SSSR count). The Morgan fingerprint density at radius 1 is 1.43 bits per heavy atom. The van der Waals surface area contributed by atoms with Crippen LogP contribution in [0.4, 0.5) is 11.4 Å². The summed E-state index contributed by atoms with van der Waals surface area (Å²) >= 11 is 0. The monoisotopic (exact) mass is 292 g/mol. The van der Waals surface area contributed by atoms with Crippen LogP contribution in [0.25, 0.3) is 0 Å². The average Bonchev–Trinajstić information content (AvgIpc) is 2.47. The first-order valence-electron chi connectivity index (χ1n) is 7.02. The summed E-state index contributed by atoms with van der Waals surface area (Å²) in [5.74, 6) is -0.0967. The van der Waals surface area contributed by atoms with Crippen LogP contribution in [0.2, 0.25) is 0 Å². The van der Waals surface area contributed by atoms with Gasteiger partial charge in [0, 0.05) is 30.4 Å². The van der Waals surface area contributed by atoms with Gasteiger partial charge in [0.05, 0.1) is 11.5 Å². The number of likely N-dealkylation sites (tertiary alicyclic amines) is 1. The number of hydrogen-bond acceptors (Lipinski definition) is 5. The lowest BCUT2D eigenvalue weighted by atomic mass is 10.1. The largest absolute Gasteiger partial charge is 0.325 e. The first-order chi connectivity index (χ1) is 10.1. The van der Waals surface area contributed by atoms with Crippen molar-refractivity contribution in [3.05, 3.63) is 34.4 Å². The zero-order valence-electron chi connectivity index (χ0n) is 12.0. The number of nitrogens with one attached hydrogen (secondary N) is 2. The van der Waals surface area contributed by atoms with Crippen LogP contribution in [0.3, 0.4) is 0 Å². The van der Waals surface area contributed by atoms with Crippen LogP contribution in [-0.4, -0.2) is 48.5 Å². The number of carbonyl (C=O) groups is 1. The van der Waals surface area contributed by atoms with Crippen molar-refractivity contribution in [2.24, 2.45) is 0 Å². The summed E-state index contributed by atoms with van der Waals surface area (Å²) in [6, 6.07) is 6.29. The number of non-ortho nitro benzene ring substituents is 1. The number of anilines is 1. The smallest absolute Gasteiger partial charge is 0.269 e. The second-order valence-electron chi connectivity index (χ2n) is 5.22. The summed E-state index contributed by atoms with van der Waals surface area (Å²) in [6.45, 7) is 2.13. The van der Waals surface area contributed by atoms with E-state index < -0.39 is 4.92 Å². The van der Waals surface area contributed by atoms with Crippen LogP contribution in [0, 0.1) is 10.1 Å². The number of carbonyl (C=O) groups excluding carboxylic acids is 1. The number of benzene rings is 1. The topological polar surface area (TPSA) is 87.5 Å². The second kappa shape index (κ2) is 7.14. The van der Waals surface area contributed by atoms with Gasteiger partial charge in [-0.3, -0.25) is 19.8 Å². The highest BCUT2D eigenvalue weighted by Gasteiger charge is 2.20. The Bertz CT molecular complexity index is 503. The number of hydrogen-bond donors (Lipinski definition) is 2. The van der Waals surface area contributed by atoms with Crippen molar-refractivity contribution in [3.8, 4) is 0 Å². The molecular formula is C14H20N4O3. The third kappa shape index (κ3) is 4.51. The molecule has 1 aromatic carbocycles. The van der Waals surface area contributed by atoms with Crippen molar-refractivity contribution < 1.29 is 9.72 Å². The third-order valence-corrected chi connectivity index (χ3v) is 3.64. The summed E-state index contributed by atoms with van der Waals surface area (Å²) < 4.78 is 0. The first kappa shape index (κ1) is 15.4. The van der Waals surface area contributed by atoms with Crippen LogP contribution >= 0.6 is 0 Å². The van der Waals surface area contributed by atoms with Crippen molar-refractivity contribution in [3.63, 3.8) is 0 Å². The molecule has 1 atom stereocenters. The number of amides is 1. The van der Waals surface area contributed by atoms with Gasteiger partial charge in [0.15, 0.2) is 0 Å². The molecule has 0 spiro atoms. The zero-order valence-corrected chi connectivity index (χ0v) is 12.0. The summed E-state index contributed by atoms with van der Waals surface area (Å²) in [6.07, 6.45) is 2.22. The van der Waals surface area contributed by atoms with Crippen molar-refractivity contribution in [1.29, 1.82) is 0 Å². The second-order valence-corrected chi connectivity index (χ2v) is 5.22. The maximum Gasteiger partial charge on any atom is 0.269 e. The normalized spacial score (nSPS) is 19.2. The fourth-order valence-corrected chi connectivity index (χ4v) is 2.50. The van der Waals surface area contributed by atoms with Gasteiger partial charge in [-0.1, -0.05) is 0 Å². The summed E-state index contributed by atoms with van der Waals surface area (Å²) in [4.78, 5) is 24.2. The molecule has 114 valence electrons. The Hall–Kier alpha value is -1.99. The molecule has 1 aromatic rings. The van der Waals surface area contributed by atoms with E-state index in [9.17, 15) is 14.9 Å². The van der Waals surface area contributed by atoms with E-state index in [0.29, 0.717) is 18.3 Å². The van der Waals surface area contributed by atoms with E-state index in [1.54, 1.807) is 12.1 Å². The quantitative estimate of drug-likeness (QED) is 0.629. The Labute approximate surface area is 123 Å². The summed E-state index contributed by atoms with van der Waals surface area (Å²) in [5, 5.41) is 16.6. The molecule has 1 aliphatic heterocycles. The number of rotatable bonds is 5. The fourth-order valence-electron chi connectivity index (χ4n) is 2.50. The average molecular weight is 292 g/mol. The van der Waals surface area contributed by atoms with Gasteiger partial charge in [-0.2, -0.15) is 0 Å². The standard InChI is InChI=1S/C14H20N4O3/c1-15-12-3-2-8-17(9-12)10-14(19)16-11-4-6-13(7-5-11)18(20)21/h4-7,12,15H,2-3,8-10H2,1H3,(H,16,19). The van der Waals surface area contributed by atoms with Crippen molar-refractivity contribution in [2.75, 3.05) is 32.0 Å². The minimum Gasteiger partial charge on any atom is -0.325 e. The van der Waals surface area contributed by atoms with Crippen molar-refractivity contribution in [1.82, 2.24) is 10.2 Å². The maximum atomic E-state index is 12.0. The molecular weight excluding hydrogens is 272 g/mol. The minimum absolute atomic E-state index is 0.0147. The van der Waals surface area contributed by atoms with Crippen LogP contribution in [0.15, 0.2) is 24.3 Å². The molecule has 7 nitrogen and oxygen atoms in total. The van der Waals surface area contributed by atoms with E-state index in [2.05, 4.69) is 15.5 Å². The first-order valence-corrected chi connectivity index (χ1v) is 7.02. The van der Waals surface area contributed by atoms with E-state index in [1.807, 2.05) is 7.05 Å². The molecule has 0 saturated carbocycles. The van der Waals surface area contributed by atoms with Crippen molar-refractivity contribution >= 4 is 17.3 Å². The zero-order chi connectivity index (χ0) is 15.2. The van der Waals surface area contributed by atoms with Crippen LogP contribution in [0.5, 0.6) is 0 Å². The van der Waals surface area contributed by atoms with Gasteiger partial charge >= 0.3 is 0 Å². The SMILES string of the molecule is CNC1CCCN(CC(=O)Nc2ccc([N+](=O)[O-])cc2)C1. The molecule has 1 fully saturated rings. The lowest BCUT2D eigenvalue weighted by Gasteiger charge is -2.31. The molecule has 7 heteroatoms. The Balaban J connectivity index is 1.85. The summed E-state index contributed by atoms with van der Waals surface area (Å²) in [5.41, 5.74) is 0.591. The highest BCUT2D eigenvalue weighted by molar-refractivity contribution is 5.92. The fraction of sp³-hybridized carbons (Fsp3) is 0.500. The van der Waals surface area contributed by atoms with Gasteiger partial charge in [-0.25, -0.2) is 0 Å². The maximum absolute atomic E-state index is 12.0. The summed E-state index contributed by atoms with van der Waals surface area (Å²) in [7, 11) is 1.94. The number of piperidine rings is 1. The highest BCUT2D eigenvalue weighted by atomic mass is 16.6. The molecule has 2 N–H and O–H groups in total. The van der Waals surface area contributed by atoms with E-state index in [0.717, 1.165) is 25.9 Å². The van der Waals surface area contributed by atoms with E-state index >= 15 is 0 Å². The number of likely N-dealkylation sites (N-methyl/N-ethyl adjacent to an activating group) is 1. The van der Waals surface area contributed by atoms with E-state index in [-0.39, 0.29) is 11.6 Å². The molecule has 0 bridgehead atoms. The molecule has 1 aliphatic rings.